The van der Waals surface area contributed by atoms with Crippen LogP contribution in [0.15, 0.2) is 10.5 Å². The molecule has 1 aromatic carbocycles. The monoisotopic (exact) mass is 338 g/mol. The van der Waals surface area contributed by atoms with Crippen molar-refractivity contribution in [3.8, 4) is 5.75 Å². The van der Waals surface area contributed by atoms with Gasteiger partial charge in [-0.2, -0.15) is 0 Å². The van der Waals surface area contributed by atoms with Crippen molar-refractivity contribution >= 4 is 21.9 Å². The maximum atomic E-state index is 11.6. The van der Waals surface area contributed by atoms with E-state index in [-0.39, 0.29) is 0 Å². The number of halogens is 1. The Morgan fingerprint density at radius 3 is 2.60 bits per heavy atom. The normalized spacial score (nSPS) is 19.9. The smallest absolute Gasteiger partial charge is 0.314 e. The molecule has 2 aliphatic carbocycles. The Kier molecular flexibility index (Phi) is 3.53. The molecule has 20 heavy (non-hydrogen) atoms. The van der Waals surface area contributed by atoms with Gasteiger partial charge in [0.2, 0.25) is 0 Å². The van der Waals surface area contributed by atoms with Crippen molar-refractivity contribution in [1.29, 1.82) is 0 Å². The Hall–Kier alpha value is -1.03. The molecule has 1 aromatic rings. The molecule has 0 aromatic heterocycles. The van der Waals surface area contributed by atoms with E-state index in [0.29, 0.717) is 12.8 Å². The summed E-state index contributed by atoms with van der Waals surface area (Å²) in [6, 6.07) is 2.10. The molecule has 0 saturated heterocycles. The minimum absolute atomic E-state index is 0.712. The van der Waals surface area contributed by atoms with Crippen molar-refractivity contribution in [3.05, 3.63) is 27.2 Å². The van der Waals surface area contributed by atoms with E-state index >= 15 is 0 Å². The van der Waals surface area contributed by atoms with Crippen molar-refractivity contribution in [2.24, 2.45) is 0 Å². The fourth-order valence-electron chi connectivity index (χ4n) is 3.29. The average molecular weight is 339 g/mol. The van der Waals surface area contributed by atoms with Gasteiger partial charge in [0.25, 0.3) is 0 Å². The van der Waals surface area contributed by atoms with Gasteiger partial charge in [-0.1, -0.05) is 12.5 Å². The van der Waals surface area contributed by atoms with Crippen LogP contribution in [-0.2, 0) is 23.1 Å². The van der Waals surface area contributed by atoms with Crippen LogP contribution in [0, 0.1) is 0 Å². The number of hydrogen-bond donors (Lipinski definition) is 1. The van der Waals surface area contributed by atoms with Gasteiger partial charge >= 0.3 is 5.97 Å². The van der Waals surface area contributed by atoms with E-state index in [1.807, 2.05) is 0 Å². The highest BCUT2D eigenvalue weighted by atomic mass is 79.9. The van der Waals surface area contributed by atoms with Crippen LogP contribution in [0.25, 0.3) is 0 Å². The molecule has 0 aliphatic heterocycles. The molecular weight excluding hydrogens is 320 g/mol. The number of methoxy groups -OCH3 is 1. The van der Waals surface area contributed by atoms with Gasteiger partial charge in [0, 0.05) is 5.56 Å². The minimum atomic E-state index is -0.726. The van der Waals surface area contributed by atoms with Crippen LogP contribution in [0.4, 0.5) is 0 Å². The summed E-state index contributed by atoms with van der Waals surface area (Å²) in [4.78, 5) is 11.6. The first kappa shape index (κ1) is 13.9. The van der Waals surface area contributed by atoms with E-state index in [2.05, 4.69) is 22.0 Å². The molecule has 0 bridgehead atoms. The van der Waals surface area contributed by atoms with Gasteiger partial charge in [0.05, 0.1) is 17.0 Å². The molecule has 1 fully saturated rings. The van der Waals surface area contributed by atoms with Gasteiger partial charge in [-0.3, -0.25) is 4.79 Å². The number of rotatable bonds is 3. The molecule has 1 N–H and O–H groups in total. The first-order chi connectivity index (χ1) is 9.60. The van der Waals surface area contributed by atoms with Crippen molar-refractivity contribution in [2.75, 3.05) is 7.11 Å². The second-order valence-corrected chi connectivity index (χ2v) is 6.65. The number of ether oxygens (including phenoxy) is 1. The zero-order valence-electron chi connectivity index (χ0n) is 11.7. The van der Waals surface area contributed by atoms with Crippen LogP contribution in [-0.4, -0.2) is 18.2 Å². The molecule has 3 rings (SSSR count). The SMILES string of the molecule is COc1c(C2(C(=O)O)CC2)cc2c(c1Br)CCCCC2. The third kappa shape index (κ3) is 2.05. The van der Waals surface area contributed by atoms with Crippen LogP contribution in [0.3, 0.4) is 0 Å². The number of hydrogen-bond acceptors (Lipinski definition) is 2. The van der Waals surface area contributed by atoms with Gasteiger partial charge in [-0.25, -0.2) is 0 Å². The zero-order chi connectivity index (χ0) is 14.3. The first-order valence-corrected chi connectivity index (χ1v) is 8.01. The van der Waals surface area contributed by atoms with Gasteiger partial charge in [0.1, 0.15) is 5.75 Å². The maximum absolute atomic E-state index is 11.6. The molecule has 2 aliphatic rings. The Balaban J connectivity index is 2.18. The van der Waals surface area contributed by atoms with E-state index < -0.39 is 11.4 Å². The van der Waals surface area contributed by atoms with Gasteiger partial charge in [0.15, 0.2) is 0 Å². The molecule has 3 nitrogen and oxygen atoms in total. The third-order valence-corrected chi connectivity index (χ3v) is 5.51. The topological polar surface area (TPSA) is 46.5 Å². The fraction of sp³-hybridized carbons (Fsp3) is 0.562. The number of carbonyl (C=O) groups is 1. The summed E-state index contributed by atoms with van der Waals surface area (Å²) in [5.74, 6) is 0.00169. The van der Waals surface area contributed by atoms with Crippen LogP contribution < -0.4 is 4.74 Å². The van der Waals surface area contributed by atoms with Crippen molar-refractivity contribution < 1.29 is 14.6 Å². The van der Waals surface area contributed by atoms with Crippen molar-refractivity contribution in [2.45, 2.75) is 50.4 Å². The lowest BCUT2D eigenvalue weighted by atomic mass is 9.90. The fourth-order valence-corrected chi connectivity index (χ4v) is 4.12. The quantitative estimate of drug-likeness (QED) is 0.851. The van der Waals surface area contributed by atoms with Crippen molar-refractivity contribution in [3.63, 3.8) is 0 Å². The molecule has 4 heteroatoms. The van der Waals surface area contributed by atoms with Crippen molar-refractivity contribution in [1.82, 2.24) is 0 Å². The summed E-state index contributed by atoms with van der Waals surface area (Å²) in [6.07, 6.45) is 7.13. The lowest BCUT2D eigenvalue weighted by Crippen LogP contribution is -2.21. The second kappa shape index (κ2) is 5.06. The molecule has 1 saturated carbocycles. The minimum Gasteiger partial charge on any atom is -0.495 e. The molecule has 0 atom stereocenters. The lowest BCUT2D eigenvalue weighted by molar-refractivity contribution is -0.140. The number of aliphatic carboxylic acids is 1. The van der Waals surface area contributed by atoms with E-state index in [4.69, 9.17) is 4.74 Å². The summed E-state index contributed by atoms with van der Waals surface area (Å²) in [7, 11) is 1.63. The molecule has 0 amide bonds. The molecule has 108 valence electrons. The summed E-state index contributed by atoms with van der Waals surface area (Å²) in [6.45, 7) is 0. The lowest BCUT2D eigenvalue weighted by Gasteiger charge is -2.20. The number of fused-ring (bicyclic) bond motifs is 1. The van der Waals surface area contributed by atoms with E-state index in [1.54, 1.807) is 7.11 Å². The average Bonchev–Trinajstić information content (AvgIpc) is 3.23. The Bertz CT molecular complexity index is 561. The zero-order valence-corrected chi connectivity index (χ0v) is 13.3. The molecule has 0 unspecified atom stereocenters. The Morgan fingerprint density at radius 1 is 1.30 bits per heavy atom. The van der Waals surface area contributed by atoms with E-state index in [0.717, 1.165) is 28.6 Å². The molecule has 0 spiro atoms. The van der Waals surface area contributed by atoms with Crippen LogP contribution in [0.2, 0.25) is 0 Å². The summed E-state index contributed by atoms with van der Waals surface area (Å²) < 4.78 is 6.52. The highest BCUT2D eigenvalue weighted by Gasteiger charge is 2.54. The van der Waals surface area contributed by atoms with Gasteiger partial charge < -0.3 is 9.84 Å². The summed E-state index contributed by atoms with van der Waals surface area (Å²) >= 11 is 3.66. The first-order valence-electron chi connectivity index (χ1n) is 7.22. The van der Waals surface area contributed by atoms with Crippen LogP contribution in [0.1, 0.15) is 48.8 Å². The highest BCUT2D eigenvalue weighted by molar-refractivity contribution is 9.10. The van der Waals surface area contributed by atoms with Crippen LogP contribution >= 0.6 is 15.9 Å². The second-order valence-electron chi connectivity index (χ2n) is 5.86. The largest absolute Gasteiger partial charge is 0.495 e. The highest BCUT2D eigenvalue weighted by Crippen LogP contribution is 2.54. The maximum Gasteiger partial charge on any atom is 0.314 e. The van der Waals surface area contributed by atoms with E-state index in [9.17, 15) is 9.90 Å². The number of aryl methyl sites for hydroxylation is 1. The standard InChI is InChI=1S/C16H19BrO3/c1-20-14-12(16(7-8-16)15(18)19)9-10-5-3-2-4-6-11(10)13(14)17/h9H,2-8H2,1H3,(H,18,19). The summed E-state index contributed by atoms with van der Waals surface area (Å²) in [5, 5.41) is 9.56. The molecular formula is C16H19BrO3. The predicted octanol–water partition coefficient (Wildman–Crippen LogP) is 3.84. The Labute approximate surface area is 127 Å². The molecule has 0 radical (unpaired) electrons. The number of carboxylic acid groups (broad SMARTS) is 1. The number of carboxylic acids is 1. The third-order valence-electron chi connectivity index (χ3n) is 4.67. The Morgan fingerprint density at radius 2 is 2.00 bits per heavy atom. The van der Waals surface area contributed by atoms with E-state index in [1.165, 1.54) is 30.4 Å². The number of benzene rings is 1. The van der Waals surface area contributed by atoms with Gasteiger partial charge in [-0.15, -0.1) is 0 Å². The predicted molar refractivity (Wildman–Crippen MR) is 80.5 cm³/mol. The van der Waals surface area contributed by atoms with Gasteiger partial charge in [-0.05, 0) is 65.6 Å². The van der Waals surface area contributed by atoms with Crippen LogP contribution in [0.5, 0.6) is 5.75 Å². The summed E-state index contributed by atoms with van der Waals surface area (Å²) in [5.41, 5.74) is 2.76. The molecule has 0 heterocycles.